The molecule has 0 amide bonds. The summed E-state index contributed by atoms with van der Waals surface area (Å²) in [7, 11) is 0. The number of rotatable bonds is 3. The van der Waals surface area contributed by atoms with E-state index in [0.717, 1.165) is 22.2 Å². The van der Waals surface area contributed by atoms with Gasteiger partial charge < -0.3 is 0 Å². The van der Waals surface area contributed by atoms with Gasteiger partial charge in [0.05, 0.1) is 27.3 Å². The Kier molecular flexibility index (Phi) is 4.08. The number of halogens is 2. The molecule has 3 aromatic rings. The van der Waals surface area contributed by atoms with E-state index in [0.29, 0.717) is 10.0 Å². The standard InChI is InChI=1S/C16H13Cl2N3/c17-12-6-3-5-11(15(12)18)16(21-19)14-9-8-10-4-1-2-7-13(10)20-14/h1-9,16,21H,19H2. The molecule has 3 rings (SSSR count). The molecule has 0 aliphatic heterocycles. The molecule has 2 aromatic carbocycles. The average Bonchev–Trinajstić information content (AvgIpc) is 2.52. The molecule has 0 saturated heterocycles. The van der Waals surface area contributed by atoms with E-state index in [1.165, 1.54) is 0 Å². The van der Waals surface area contributed by atoms with Crippen LogP contribution in [0.5, 0.6) is 0 Å². The quantitative estimate of drug-likeness (QED) is 0.565. The second-order valence-corrected chi connectivity index (χ2v) is 5.46. The van der Waals surface area contributed by atoms with E-state index in [4.69, 9.17) is 29.0 Å². The van der Waals surface area contributed by atoms with Gasteiger partial charge >= 0.3 is 0 Å². The zero-order chi connectivity index (χ0) is 14.8. The van der Waals surface area contributed by atoms with E-state index in [1.807, 2.05) is 48.5 Å². The first kappa shape index (κ1) is 14.3. The van der Waals surface area contributed by atoms with Crippen molar-refractivity contribution in [3.8, 4) is 0 Å². The maximum absolute atomic E-state index is 6.28. The Morgan fingerprint density at radius 2 is 1.76 bits per heavy atom. The Morgan fingerprint density at radius 1 is 0.952 bits per heavy atom. The number of nitrogens with zero attached hydrogens (tertiary/aromatic N) is 1. The van der Waals surface area contributed by atoms with Crippen LogP contribution in [0.2, 0.25) is 10.0 Å². The Balaban J connectivity index is 2.11. The minimum Gasteiger partial charge on any atom is -0.271 e. The highest BCUT2D eigenvalue weighted by atomic mass is 35.5. The van der Waals surface area contributed by atoms with Crippen molar-refractivity contribution in [3.63, 3.8) is 0 Å². The smallest absolute Gasteiger partial charge is 0.0896 e. The van der Waals surface area contributed by atoms with Crippen molar-refractivity contribution in [2.45, 2.75) is 6.04 Å². The number of hydrogen-bond acceptors (Lipinski definition) is 3. The van der Waals surface area contributed by atoms with Crippen molar-refractivity contribution in [2.75, 3.05) is 0 Å². The van der Waals surface area contributed by atoms with Gasteiger partial charge in [-0.25, -0.2) is 5.43 Å². The lowest BCUT2D eigenvalue weighted by atomic mass is 10.0. The lowest BCUT2D eigenvalue weighted by Crippen LogP contribution is -2.29. The van der Waals surface area contributed by atoms with E-state index in [2.05, 4.69) is 10.4 Å². The highest BCUT2D eigenvalue weighted by Gasteiger charge is 2.18. The van der Waals surface area contributed by atoms with Gasteiger partial charge in [0, 0.05) is 5.39 Å². The zero-order valence-electron chi connectivity index (χ0n) is 11.1. The second-order valence-electron chi connectivity index (χ2n) is 4.67. The van der Waals surface area contributed by atoms with E-state index in [9.17, 15) is 0 Å². The van der Waals surface area contributed by atoms with Crippen molar-refractivity contribution in [2.24, 2.45) is 5.84 Å². The van der Waals surface area contributed by atoms with Gasteiger partial charge in [-0.2, -0.15) is 0 Å². The third-order valence-corrected chi connectivity index (χ3v) is 4.21. The van der Waals surface area contributed by atoms with Gasteiger partial charge in [-0.05, 0) is 23.8 Å². The lowest BCUT2D eigenvalue weighted by molar-refractivity contribution is 0.623. The van der Waals surface area contributed by atoms with Gasteiger partial charge in [0.1, 0.15) is 0 Å². The summed E-state index contributed by atoms with van der Waals surface area (Å²) in [6, 6.07) is 17.0. The Bertz CT molecular complexity index is 789. The molecular weight excluding hydrogens is 305 g/mol. The molecule has 0 bridgehead atoms. The summed E-state index contributed by atoms with van der Waals surface area (Å²) >= 11 is 12.4. The molecule has 0 radical (unpaired) electrons. The molecule has 1 atom stereocenters. The number of nitrogens with two attached hydrogens (primary N) is 1. The number of hydrazine groups is 1. The van der Waals surface area contributed by atoms with Crippen LogP contribution in [0.4, 0.5) is 0 Å². The number of benzene rings is 2. The first-order valence-electron chi connectivity index (χ1n) is 6.46. The Labute approximate surface area is 132 Å². The third-order valence-electron chi connectivity index (χ3n) is 3.37. The van der Waals surface area contributed by atoms with Crippen LogP contribution in [-0.4, -0.2) is 4.98 Å². The molecule has 1 heterocycles. The number of pyridine rings is 1. The highest BCUT2D eigenvalue weighted by Crippen LogP contribution is 2.32. The fourth-order valence-corrected chi connectivity index (χ4v) is 2.74. The monoisotopic (exact) mass is 317 g/mol. The summed E-state index contributed by atoms with van der Waals surface area (Å²) in [5.41, 5.74) is 5.26. The number of para-hydroxylation sites is 1. The molecule has 106 valence electrons. The SMILES string of the molecule is NNC(c1ccc2ccccc2n1)c1cccc(Cl)c1Cl. The van der Waals surface area contributed by atoms with Crippen LogP contribution < -0.4 is 11.3 Å². The molecule has 1 aromatic heterocycles. The van der Waals surface area contributed by atoms with E-state index in [1.54, 1.807) is 6.07 Å². The molecular formula is C16H13Cl2N3. The van der Waals surface area contributed by atoms with E-state index in [-0.39, 0.29) is 6.04 Å². The first-order valence-corrected chi connectivity index (χ1v) is 7.22. The van der Waals surface area contributed by atoms with E-state index >= 15 is 0 Å². The molecule has 0 spiro atoms. The number of aromatic nitrogens is 1. The highest BCUT2D eigenvalue weighted by molar-refractivity contribution is 6.42. The zero-order valence-corrected chi connectivity index (χ0v) is 12.6. The van der Waals surface area contributed by atoms with Gasteiger partial charge in [-0.15, -0.1) is 0 Å². The summed E-state index contributed by atoms with van der Waals surface area (Å²) in [4.78, 5) is 4.65. The number of hydrogen-bond donors (Lipinski definition) is 2. The van der Waals surface area contributed by atoms with Crippen molar-refractivity contribution in [1.29, 1.82) is 0 Å². The summed E-state index contributed by atoms with van der Waals surface area (Å²) in [6.07, 6.45) is 0. The largest absolute Gasteiger partial charge is 0.271 e. The summed E-state index contributed by atoms with van der Waals surface area (Å²) in [6.45, 7) is 0. The Morgan fingerprint density at radius 3 is 2.57 bits per heavy atom. The van der Waals surface area contributed by atoms with E-state index < -0.39 is 0 Å². The summed E-state index contributed by atoms with van der Waals surface area (Å²) in [5.74, 6) is 5.71. The minimum atomic E-state index is -0.319. The van der Waals surface area contributed by atoms with Crippen LogP contribution in [0.15, 0.2) is 54.6 Å². The normalized spacial score (nSPS) is 12.5. The number of nitrogens with one attached hydrogen (secondary N) is 1. The fourth-order valence-electron chi connectivity index (χ4n) is 2.32. The molecule has 0 aliphatic rings. The van der Waals surface area contributed by atoms with Crippen molar-refractivity contribution in [1.82, 2.24) is 10.4 Å². The Hall–Kier alpha value is -1.65. The fraction of sp³-hybridized carbons (Fsp3) is 0.0625. The summed E-state index contributed by atoms with van der Waals surface area (Å²) in [5, 5.41) is 2.06. The topological polar surface area (TPSA) is 50.9 Å². The molecule has 1 unspecified atom stereocenters. The van der Waals surface area contributed by atoms with Crippen molar-refractivity contribution < 1.29 is 0 Å². The predicted molar refractivity (Wildman–Crippen MR) is 87.4 cm³/mol. The van der Waals surface area contributed by atoms with Crippen LogP contribution >= 0.6 is 23.2 Å². The van der Waals surface area contributed by atoms with Crippen LogP contribution in [-0.2, 0) is 0 Å². The van der Waals surface area contributed by atoms with Crippen LogP contribution in [0.1, 0.15) is 17.3 Å². The molecule has 3 N–H and O–H groups in total. The molecule has 0 fully saturated rings. The van der Waals surface area contributed by atoms with Crippen molar-refractivity contribution >= 4 is 34.1 Å². The van der Waals surface area contributed by atoms with Crippen LogP contribution in [0.3, 0.4) is 0 Å². The summed E-state index contributed by atoms with van der Waals surface area (Å²) < 4.78 is 0. The van der Waals surface area contributed by atoms with Gasteiger partial charge in [0.25, 0.3) is 0 Å². The van der Waals surface area contributed by atoms with Gasteiger partial charge in [0.2, 0.25) is 0 Å². The average molecular weight is 318 g/mol. The predicted octanol–water partition coefficient (Wildman–Crippen LogP) is 4.09. The maximum Gasteiger partial charge on any atom is 0.0896 e. The molecule has 5 heteroatoms. The van der Waals surface area contributed by atoms with Gasteiger partial charge in [0.15, 0.2) is 0 Å². The molecule has 3 nitrogen and oxygen atoms in total. The van der Waals surface area contributed by atoms with Crippen LogP contribution in [0, 0.1) is 0 Å². The minimum absolute atomic E-state index is 0.319. The molecule has 21 heavy (non-hydrogen) atoms. The maximum atomic E-state index is 6.28. The molecule has 0 saturated carbocycles. The van der Waals surface area contributed by atoms with Crippen molar-refractivity contribution in [3.05, 3.63) is 75.9 Å². The van der Waals surface area contributed by atoms with Gasteiger partial charge in [-0.3, -0.25) is 10.8 Å². The first-order chi connectivity index (χ1) is 10.2. The van der Waals surface area contributed by atoms with Crippen LogP contribution in [0.25, 0.3) is 10.9 Å². The van der Waals surface area contributed by atoms with Gasteiger partial charge in [-0.1, -0.05) is 59.6 Å². The third kappa shape index (κ3) is 2.74. The number of fused-ring (bicyclic) bond motifs is 1. The second kappa shape index (κ2) is 6.00. The molecule has 0 aliphatic carbocycles. The lowest BCUT2D eigenvalue weighted by Gasteiger charge is -2.18.